The number of rotatable bonds is 4. The van der Waals surface area contributed by atoms with E-state index in [-0.39, 0.29) is 11.8 Å². The number of hydrogen-bond donors (Lipinski definition) is 1. The highest BCUT2D eigenvalue weighted by Crippen LogP contribution is 2.33. The van der Waals surface area contributed by atoms with Gasteiger partial charge < -0.3 is 5.32 Å². The van der Waals surface area contributed by atoms with Crippen molar-refractivity contribution in [2.24, 2.45) is 17.8 Å². The van der Waals surface area contributed by atoms with Crippen LogP contribution in [0.1, 0.15) is 53.4 Å². The number of nitrogens with one attached hydrogen (secondary N) is 1. The van der Waals surface area contributed by atoms with Crippen molar-refractivity contribution >= 4 is 5.91 Å². The SMILES string of the molecule is CC1CC(NC(=O)C(C)C)CN(C(C)C2CCC2)C1. The van der Waals surface area contributed by atoms with Crippen molar-refractivity contribution in [3.63, 3.8) is 0 Å². The molecular formula is C16H30N2O. The van der Waals surface area contributed by atoms with Crippen LogP contribution in [0.5, 0.6) is 0 Å². The molecule has 0 aromatic heterocycles. The molecule has 0 bridgehead atoms. The summed E-state index contributed by atoms with van der Waals surface area (Å²) in [6, 6.07) is 1.04. The monoisotopic (exact) mass is 266 g/mol. The molecule has 2 rings (SSSR count). The van der Waals surface area contributed by atoms with Gasteiger partial charge >= 0.3 is 0 Å². The van der Waals surface area contributed by atoms with Crippen molar-refractivity contribution < 1.29 is 4.79 Å². The first kappa shape index (κ1) is 14.8. The Labute approximate surface area is 118 Å². The van der Waals surface area contributed by atoms with Gasteiger partial charge in [-0.25, -0.2) is 0 Å². The Balaban J connectivity index is 1.89. The van der Waals surface area contributed by atoms with E-state index in [0.717, 1.165) is 18.9 Å². The number of likely N-dealkylation sites (tertiary alicyclic amines) is 1. The molecule has 1 heterocycles. The van der Waals surface area contributed by atoms with Crippen molar-refractivity contribution in [2.75, 3.05) is 13.1 Å². The average molecular weight is 266 g/mol. The molecule has 19 heavy (non-hydrogen) atoms. The molecule has 3 nitrogen and oxygen atoms in total. The van der Waals surface area contributed by atoms with Crippen LogP contribution < -0.4 is 5.32 Å². The molecule has 3 atom stereocenters. The van der Waals surface area contributed by atoms with Crippen LogP contribution in [0.15, 0.2) is 0 Å². The molecule has 0 spiro atoms. The van der Waals surface area contributed by atoms with Crippen molar-refractivity contribution in [1.29, 1.82) is 0 Å². The Bertz CT molecular complexity index is 312. The van der Waals surface area contributed by atoms with Crippen LogP contribution in [-0.4, -0.2) is 36.0 Å². The molecule has 3 heteroatoms. The predicted octanol–water partition coefficient (Wildman–Crippen LogP) is 2.66. The first-order valence-corrected chi connectivity index (χ1v) is 8.01. The van der Waals surface area contributed by atoms with Gasteiger partial charge in [0.25, 0.3) is 0 Å². The fourth-order valence-electron chi connectivity index (χ4n) is 3.42. The first-order valence-electron chi connectivity index (χ1n) is 8.01. The summed E-state index contributed by atoms with van der Waals surface area (Å²) in [5.74, 6) is 1.88. The number of carbonyl (C=O) groups is 1. The second-order valence-corrected chi connectivity index (χ2v) is 7.09. The second-order valence-electron chi connectivity index (χ2n) is 7.09. The minimum atomic E-state index is 0.0924. The van der Waals surface area contributed by atoms with Crippen molar-refractivity contribution in [2.45, 2.75) is 65.5 Å². The smallest absolute Gasteiger partial charge is 0.222 e. The van der Waals surface area contributed by atoms with Crippen LogP contribution in [-0.2, 0) is 4.79 Å². The zero-order chi connectivity index (χ0) is 14.0. The lowest BCUT2D eigenvalue weighted by molar-refractivity contribution is -0.125. The predicted molar refractivity (Wildman–Crippen MR) is 78.9 cm³/mol. The van der Waals surface area contributed by atoms with Crippen LogP contribution in [0.4, 0.5) is 0 Å². The Morgan fingerprint density at radius 1 is 1.21 bits per heavy atom. The molecule has 0 aromatic rings. The van der Waals surface area contributed by atoms with Crippen LogP contribution >= 0.6 is 0 Å². The van der Waals surface area contributed by atoms with Crippen molar-refractivity contribution in [3.05, 3.63) is 0 Å². The lowest BCUT2D eigenvalue weighted by Crippen LogP contribution is -2.55. The summed E-state index contributed by atoms with van der Waals surface area (Å²) >= 11 is 0. The zero-order valence-electron chi connectivity index (χ0n) is 13.0. The molecule has 0 aromatic carbocycles. The highest BCUT2D eigenvalue weighted by Gasteiger charge is 2.33. The van der Waals surface area contributed by atoms with Gasteiger partial charge in [0.2, 0.25) is 5.91 Å². The van der Waals surface area contributed by atoms with Gasteiger partial charge in [0.1, 0.15) is 0 Å². The van der Waals surface area contributed by atoms with E-state index in [9.17, 15) is 4.79 Å². The fourth-order valence-corrected chi connectivity index (χ4v) is 3.42. The zero-order valence-corrected chi connectivity index (χ0v) is 13.0. The molecule has 3 unspecified atom stereocenters. The molecule has 0 radical (unpaired) electrons. The second kappa shape index (κ2) is 6.25. The van der Waals surface area contributed by atoms with Crippen LogP contribution in [0, 0.1) is 17.8 Å². The Kier molecular flexibility index (Phi) is 4.88. The fraction of sp³-hybridized carbons (Fsp3) is 0.938. The highest BCUT2D eigenvalue weighted by atomic mass is 16.1. The molecule has 110 valence electrons. The molecular weight excluding hydrogens is 236 g/mol. The Morgan fingerprint density at radius 3 is 2.42 bits per heavy atom. The molecule has 1 amide bonds. The van der Waals surface area contributed by atoms with Gasteiger partial charge in [0.15, 0.2) is 0 Å². The first-order chi connectivity index (χ1) is 8.97. The highest BCUT2D eigenvalue weighted by molar-refractivity contribution is 5.78. The summed E-state index contributed by atoms with van der Waals surface area (Å²) in [5, 5.41) is 3.23. The van der Waals surface area contributed by atoms with E-state index in [1.807, 2.05) is 13.8 Å². The van der Waals surface area contributed by atoms with E-state index in [2.05, 4.69) is 24.1 Å². The summed E-state index contributed by atoms with van der Waals surface area (Å²) in [5.41, 5.74) is 0. The number of carbonyl (C=O) groups excluding carboxylic acids is 1. The minimum absolute atomic E-state index is 0.0924. The summed E-state index contributed by atoms with van der Waals surface area (Å²) in [6.07, 6.45) is 5.34. The minimum Gasteiger partial charge on any atom is -0.352 e. The van der Waals surface area contributed by atoms with Gasteiger partial charge in [0, 0.05) is 31.1 Å². The van der Waals surface area contributed by atoms with E-state index in [0.29, 0.717) is 18.0 Å². The van der Waals surface area contributed by atoms with Crippen molar-refractivity contribution in [3.8, 4) is 0 Å². The summed E-state index contributed by atoms with van der Waals surface area (Å²) < 4.78 is 0. The lowest BCUT2D eigenvalue weighted by Gasteiger charge is -2.45. The van der Waals surface area contributed by atoms with Gasteiger partial charge in [-0.3, -0.25) is 9.69 Å². The standard InChI is InChI=1S/C16H30N2O/c1-11(2)16(19)17-15-8-12(3)9-18(10-15)13(4)14-6-5-7-14/h11-15H,5-10H2,1-4H3,(H,17,19). The maximum absolute atomic E-state index is 11.9. The van der Waals surface area contributed by atoms with Gasteiger partial charge in [-0.15, -0.1) is 0 Å². The van der Waals surface area contributed by atoms with Crippen LogP contribution in [0.25, 0.3) is 0 Å². The number of amides is 1. The Morgan fingerprint density at radius 2 is 1.89 bits per heavy atom. The average Bonchev–Trinajstić information content (AvgIpc) is 2.25. The molecule has 2 fully saturated rings. The molecule has 1 N–H and O–H groups in total. The molecule has 1 aliphatic heterocycles. The van der Waals surface area contributed by atoms with Gasteiger partial charge in [-0.2, -0.15) is 0 Å². The lowest BCUT2D eigenvalue weighted by atomic mass is 9.78. The summed E-state index contributed by atoms with van der Waals surface area (Å²) in [7, 11) is 0. The molecule has 1 aliphatic carbocycles. The summed E-state index contributed by atoms with van der Waals surface area (Å²) in [4.78, 5) is 14.5. The van der Waals surface area contributed by atoms with E-state index in [1.54, 1.807) is 0 Å². The van der Waals surface area contributed by atoms with E-state index in [4.69, 9.17) is 0 Å². The van der Waals surface area contributed by atoms with Crippen LogP contribution in [0.2, 0.25) is 0 Å². The molecule has 1 saturated carbocycles. The third kappa shape index (κ3) is 3.71. The Hall–Kier alpha value is -0.570. The largest absolute Gasteiger partial charge is 0.352 e. The third-order valence-electron chi connectivity index (χ3n) is 4.97. The number of hydrogen-bond acceptors (Lipinski definition) is 2. The molecule has 2 aliphatic rings. The van der Waals surface area contributed by atoms with E-state index < -0.39 is 0 Å². The normalized spacial score (nSPS) is 31.0. The van der Waals surface area contributed by atoms with Crippen molar-refractivity contribution in [1.82, 2.24) is 10.2 Å². The number of nitrogens with zero attached hydrogens (tertiary/aromatic N) is 1. The maximum Gasteiger partial charge on any atom is 0.222 e. The topological polar surface area (TPSA) is 32.3 Å². The quantitative estimate of drug-likeness (QED) is 0.848. The number of piperidine rings is 1. The van der Waals surface area contributed by atoms with Gasteiger partial charge in [-0.05, 0) is 38.0 Å². The summed E-state index contributed by atoms with van der Waals surface area (Å²) in [6.45, 7) is 10.9. The third-order valence-corrected chi connectivity index (χ3v) is 4.97. The van der Waals surface area contributed by atoms with Gasteiger partial charge in [0.05, 0.1) is 0 Å². The maximum atomic E-state index is 11.9. The van der Waals surface area contributed by atoms with Gasteiger partial charge in [-0.1, -0.05) is 27.2 Å². The van der Waals surface area contributed by atoms with Crippen LogP contribution in [0.3, 0.4) is 0 Å². The van der Waals surface area contributed by atoms with E-state index >= 15 is 0 Å². The van der Waals surface area contributed by atoms with E-state index in [1.165, 1.54) is 25.8 Å². The molecule has 1 saturated heterocycles.